The molecule has 0 fully saturated rings. The number of nitrogens with zero attached hydrogens (tertiary/aromatic N) is 2. The lowest BCUT2D eigenvalue weighted by molar-refractivity contribution is 1.31. The number of hydrogen-bond donors (Lipinski definition) is 0. The van der Waals surface area contributed by atoms with Gasteiger partial charge in [0.25, 0.3) is 0 Å². The van der Waals surface area contributed by atoms with E-state index in [0.717, 1.165) is 8.96 Å². The van der Waals surface area contributed by atoms with Gasteiger partial charge in [0.15, 0.2) is 0 Å². The zero-order valence-corrected chi connectivity index (χ0v) is 7.82. The zero-order chi connectivity index (χ0) is 7.68. The molecule has 0 N–H and O–H groups in total. The van der Waals surface area contributed by atoms with E-state index in [9.17, 15) is 0 Å². The molecule has 0 bridgehead atoms. The predicted molar refractivity (Wildman–Crippen MR) is 52.3 cm³/mol. The van der Waals surface area contributed by atoms with Crippen molar-refractivity contribution in [2.24, 2.45) is 0 Å². The van der Waals surface area contributed by atoms with Crippen LogP contribution < -0.4 is 0 Å². The van der Waals surface area contributed by atoms with E-state index in [1.54, 1.807) is 6.20 Å². The van der Waals surface area contributed by atoms with Crippen molar-refractivity contribution >= 4 is 33.4 Å². The Labute approximate surface area is 77.8 Å². The average Bonchev–Trinajstić information content (AvgIpc) is 2.06. The van der Waals surface area contributed by atoms with Crippen molar-refractivity contribution in [3.05, 3.63) is 34.4 Å². The van der Waals surface area contributed by atoms with Crippen LogP contribution in [0.25, 0.3) is 10.8 Å². The van der Waals surface area contributed by atoms with Crippen molar-refractivity contribution in [2.45, 2.75) is 0 Å². The second-order valence-electron chi connectivity index (χ2n) is 2.22. The van der Waals surface area contributed by atoms with Gasteiger partial charge in [0.1, 0.15) is 0 Å². The van der Waals surface area contributed by atoms with Crippen LogP contribution in [0.2, 0.25) is 0 Å². The quantitative estimate of drug-likeness (QED) is 0.675. The first-order valence-corrected chi connectivity index (χ1v) is 4.29. The Morgan fingerprint density at radius 1 is 1.09 bits per heavy atom. The monoisotopic (exact) mass is 256 g/mol. The largest absolute Gasteiger partial charge is 0.264 e. The summed E-state index contributed by atoms with van der Waals surface area (Å²) in [7, 11) is 0. The van der Waals surface area contributed by atoms with Crippen LogP contribution in [0.5, 0.6) is 0 Å². The maximum Gasteiger partial charge on any atom is 0.0408 e. The molecule has 0 unspecified atom stereocenters. The first-order chi connectivity index (χ1) is 5.38. The van der Waals surface area contributed by atoms with Crippen LogP contribution in [0.4, 0.5) is 0 Å². The van der Waals surface area contributed by atoms with Gasteiger partial charge in [-0.05, 0) is 28.7 Å². The lowest BCUT2D eigenvalue weighted by atomic mass is 10.2. The molecule has 0 aliphatic carbocycles. The van der Waals surface area contributed by atoms with Gasteiger partial charge in [-0.2, -0.15) is 0 Å². The van der Waals surface area contributed by atoms with Crippen LogP contribution >= 0.6 is 22.6 Å². The molecular weight excluding hydrogens is 251 g/mol. The van der Waals surface area contributed by atoms with Crippen LogP contribution in [-0.4, -0.2) is 9.97 Å². The van der Waals surface area contributed by atoms with Gasteiger partial charge < -0.3 is 0 Å². The van der Waals surface area contributed by atoms with Crippen LogP contribution in [-0.2, 0) is 0 Å². The number of aromatic nitrogens is 2. The summed E-state index contributed by atoms with van der Waals surface area (Å²) in [6.07, 6.45) is 7.32. The molecule has 0 atom stereocenters. The Bertz CT molecular complexity index is 381. The lowest BCUT2D eigenvalue weighted by Crippen LogP contribution is -1.80. The van der Waals surface area contributed by atoms with Crippen molar-refractivity contribution < 1.29 is 0 Å². The van der Waals surface area contributed by atoms with Crippen LogP contribution in [0.15, 0.2) is 30.9 Å². The van der Waals surface area contributed by atoms with Gasteiger partial charge in [-0.25, -0.2) is 0 Å². The standard InChI is InChI=1S/C8H5IN2/c9-8-5-11-3-6-1-2-10-4-7(6)8/h1-5H. The summed E-state index contributed by atoms with van der Waals surface area (Å²) < 4.78 is 1.15. The van der Waals surface area contributed by atoms with Crippen molar-refractivity contribution in [3.8, 4) is 0 Å². The molecule has 0 saturated heterocycles. The molecule has 2 rings (SSSR count). The van der Waals surface area contributed by atoms with E-state index in [2.05, 4.69) is 32.6 Å². The Kier molecular flexibility index (Phi) is 1.73. The minimum absolute atomic E-state index is 1.15. The summed E-state index contributed by atoms with van der Waals surface area (Å²) in [6, 6.07) is 1.96. The van der Waals surface area contributed by atoms with Gasteiger partial charge in [-0.3, -0.25) is 9.97 Å². The molecule has 2 aromatic rings. The molecule has 54 valence electrons. The summed E-state index contributed by atoms with van der Waals surface area (Å²) in [5.74, 6) is 0. The van der Waals surface area contributed by atoms with Crippen LogP contribution in [0.1, 0.15) is 0 Å². The maximum absolute atomic E-state index is 4.08. The molecule has 2 aromatic heterocycles. The molecule has 0 spiro atoms. The molecule has 3 heteroatoms. The van der Waals surface area contributed by atoms with Crippen molar-refractivity contribution in [3.63, 3.8) is 0 Å². The van der Waals surface area contributed by atoms with Crippen LogP contribution in [0, 0.1) is 3.57 Å². The Hall–Kier alpha value is -0.710. The Balaban J connectivity index is 2.91. The topological polar surface area (TPSA) is 25.8 Å². The van der Waals surface area contributed by atoms with E-state index in [-0.39, 0.29) is 0 Å². The number of halogens is 1. The van der Waals surface area contributed by atoms with Crippen molar-refractivity contribution in [2.75, 3.05) is 0 Å². The molecule has 0 radical (unpaired) electrons. The highest BCUT2D eigenvalue weighted by atomic mass is 127. The van der Waals surface area contributed by atoms with E-state index < -0.39 is 0 Å². The predicted octanol–water partition coefficient (Wildman–Crippen LogP) is 2.23. The Morgan fingerprint density at radius 2 is 2.00 bits per heavy atom. The normalized spacial score (nSPS) is 10.3. The molecule has 11 heavy (non-hydrogen) atoms. The highest BCUT2D eigenvalue weighted by Gasteiger charge is 1.95. The van der Waals surface area contributed by atoms with E-state index in [1.165, 1.54) is 5.39 Å². The van der Waals surface area contributed by atoms with E-state index in [4.69, 9.17) is 0 Å². The third kappa shape index (κ3) is 1.20. The highest BCUT2D eigenvalue weighted by molar-refractivity contribution is 14.1. The lowest BCUT2D eigenvalue weighted by Gasteiger charge is -1.96. The smallest absolute Gasteiger partial charge is 0.0408 e. The Morgan fingerprint density at radius 3 is 2.82 bits per heavy atom. The van der Waals surface area contributed by atoms with Crippen molar-refractivity contribution in [1.29, 1.82) is 0 Å². The number of fused-ring (bicyclic) bond motifs is 1. The minimum Gasteiger partial charge on any atom is -0.264 e. The number of pyridine rings is 2. The summed E-state index contributed by atoms with van der Waals surface area (Å²) in [5, 5.41) is 2.31. The molecular formula is C8H5IN2. The fourth-order valence-electron chi connectivity index (χ4n) is 0.970. The van der Waals surface area contributed by atoms with Crippen molar-refractivity contribution in [1.82, 2.24) is 9.97 Å². The summed E-state index contributed by atoms with van der Waals surface area (Å²) in [4.78, 5) is 8.12. The van der Waals surface area contributed by atoms with Crippen LogP contribution in [0.3, 0.4) is 0 Å². The number of hydrogen-bond acceptors (Lipinski definition) is 2. The second kappa shape index (κ2) is 2.73. The highest BCUT2D eigenvalue weighted by Crippen LogP contribution is 2.16. The molecule has 0 aromatic carbocycles. The SMILES string of the molecule is Ic1cncc2ccncc12. The summed E-state index contributed by atoms with van der Waals surface area (Å²) in [5.41, 5.74) is 0. The number of rotatable bonds is 0. The van der Waals surface area contributed by atoms with Gasteiger partial charge in [0, 0.05) is 39.1 Å². The maximum atomic E-state index is 4.08. The molecule has 0 aliphatic heterocycles. The third-order valence-electron chi connectivity index (χ3n) is 1.51. The zero-order valence-electron chi connectivity index (χ0n) is 5.66. The van der Waals surface area contributed by atoms with E-state index >= 15 is 0 Å². The summed E-state index contributed by atoms with van der Waals surface area (Å²) in [6.45, 7) is 0. The fraction of sp³-hybridized carbons (Fsp3) is 0. The third-order valence-corrected chi connectivity index (χ3v) is 2.37. The van der Waals surface area contributed by atoms with E-state index in [1.807, 2.05) is 24.7 Å². The van der Waals surface area contributed by atoms with E-state index in [0.29, 0.717) is 0 Å². The van der Waals surface area contributed by atoms with Gasteiger partial charge in [0.2, 0.25) is 0 Å². The second-order valence-corrected chi connectivity index (χ2v) is 3.38. The average molecular weight is 256 g/mol. The summed E-state index contributed by atoms with van der Waals surface area (Å²) >= 11 is 2.26. The first kappa shape index (κ1) is 6.97. The molecule has 0 aliphatic rings. The molecule has 0 amide bonds. The van der Waals surface area contributed by atoms with Gasteiger partial charge in [-0.1, -0.05) is 0 Å². The molecule has 2 nitrogen and oxygen atoms in total. The van der Waals surface area contributed by atoms with Gasteiger partial charge in [0.05, 0.1) is 0 Å². The fourth-order valence-corrected chi connectivity index (χ4v) is 1.58. The molecule has 2 heterocycles. The first-order valence-electron chi connectivity index (χ1n) is 3.21. The van der Waals surface area contributed by atoms with Gasteiger partial charge >= 0.3 is 0 Å². The van der Waals surface area contributed by atoms with Gasteiger partial charge in [-0.15, -0.1) is 0 Å². The minimum atomic E-state index is 1.15. The molecule has 0 saturated carbocycles.